The Bertz CT molecular complexity index is 589. The van der Waals surface area contributed by atoms with E-state index in [1.807, 2.05) is 18.2 Å². The SMILES string of the molecule is CCNC(=NCCc1cccc(C(=O)N(C)C)c1)N1CCC(C)CC1. The summed E-state index contributed by atoms with van der Waals surface area (Å²) in [7, 11) is 3.56. The van der Waals surface area contributed by atoms with Crippen molar-refractivity contribution in [1.29, 1.82) is 0 Å². The fourth-order valence-electron chi connectivity index (χ4n) is 3.06. The van der Waals surface area contributed by atoms with E-state index in [9.17, 15) is 4.79 Å². The van der Waals surface area contributed by atoms with E-state index in [1.54, 1.807) is 19.0 Å². The zero-order valence-corrected chi connectivity index (χ0v) is 16.1. The number of nitrogens with zero attached hydrogens (tertiary/aromatic N) is 3. The number of aliphatic imine (C=N–C) groups is 1. The van der Waals surface area contributed by atoms with E-state index in [0.717, 1.165) is 55.6 Å². The van der Waals surface area contributed by atoms with E-state index in [-0.39, 0.29) is 5.91 Å². The maximum Gasteiger partial charge on any atom is 0.253 e. The van der Waals surface area contributed by atoms with Crippen LogP contribution in [0.15, 0.2) is 29.3 Å². The molecule has 5 heteroatoms. The Kier molecular flexibility index (Phi) is 7.29. The molecule has 1 amide bonds. The van der Waals surface area contributed by atoms with Gasteiger partial charge in [-0.15, -0.1) is 0 Å². The summed E-state index contributed by atoms with van der Waals surface area (Å²) in [6, 6.07) is 7.87. The number of guanidine groups is 1. The van der Waals surface area contributed by atoms with Crippen molar-refractivity contribution in [1.82, 2.24) is 15.1 Å². The third-order valence-corrected chi connectivity index (χ3v) is 4.66. The number of piperidine rings is 1. The second kappa shape index (κ2) is 9.44. The van der Waals surface area contributed by atoms with Gasteiger partial charge in [-0.1, -0.05) is 19.1 Å². The summed E-state index contributed by atoms with van der Waals surface area (Å²) < 4.78 is 0. The highest BCUT2D eigenvalue weighted by molar-refractivity contribution is 5.94. The molecule has 0 radical (unpaired) electrons. The third kappa shape index (κ3) is 5.76. The van der Waals surface area contributed by atoms with Crippen molar-refractivity contribution in [2.24, 2.45) is 10.9 Å². The molecule has 0 atom stereocenters. The van der Waals surface area contributed by atoms with Crippen LogP contribution in [-0.2, 0) is 6.42 Å². The second-order valence-corrected chi connectivity index (χ2v) is 7.06. The Morgan fingerprint density at radius 3 is 2.68 bits per heavy atom. The molecule has 1 aliphatic heterocycles. The summed E-state index contributed by atoms with van der Waals surface area (Å²) in [5.41, 5.74) is 1.89. The summed E-state index contributed by atoms with van der Waals surface area (Å²) >= 11 is 0. The number of carbonyl (C=O) groups is 1. The highest BCUT2D eigenvalue weighted by Gasteiger charge is 2.18. The molecule has 1 fully saturated rings. The van der Waals surface area contributed by atoms with Crippen LogP contribution in [0.3, 0.4) is 0 Å². The minimum absolute atomic E-state index is 0.0427. The Labute approximate surface area is 152 Å². The normalized spacial score (nSPS) is 16.0. The number of hydrogen-bond donors (Lipinski definition) is 1. The van der Waals surface area contributed by atoms with Crippen LogP contribution in [0.4, 0.5) is 0 Å². The predicted octanol–water partition coefficient (Wildman–Crippen LogP) is 2.63. The molecule has 0 aliphatic carbocycles. The summed E-state index contributed by atoms with van der Waals surface area (Å²) in [5, 5.41) is 3.41. The van der Waals surface area contributed by atoms with Crippen molar-refractivity contribution in [3.8, 4) is 0 Å². The van der Waals surface area contributed by atoms with Gasteiger partial charge in [0.2, 0.25) is 0 Å². The number of likely N-dealkylation sites (tertiary alicyclic amines) is 1. The van der Waals surface area contributed by atoms with Gasteiger partial charge in [-0.05, 0) is 49.8 Å². The van der Waals surface area contributed by atoms with E-state index < -0.39 is 0 Å². The first-order valence-corrected chi connectivity index (χ1v) is 9.35. The van der Waals surface area contributed by atoms with Crippen LogP contribution >= 0.6 is 0 Å². The van der Waals surface area contributed by atoms with E-state index in [2.05, 4.69) is 30.1 Å². The molecule has 138 valence electrons. The molecule has 1 aliphatic rings. The van der Waals surface area contributed by atoms with E-state index in [4.69, 9.17) is 4.99 Å². The quantitative estimate of drug-likeness (QED) is 0.660. The van der Waals surface area contributed by atoms with Crippen molar-refractivity contribution in [3.63, 3.8) is 0 Å². The topological polar surface area (TPSA) is 47.9 Å². The lowest BCUT2D eigenvalue weighted by atomic mass is 10.00. The number of rotatable bonds is 5. The molecule has 2 rings (SSSR count). The zero-order chi connectivity index (χ0) is 18.2. The molecule has 5 nitrogen and oxygen atoms in total. The van der Waals surface area contributed by atoms with Crippen LogP contribution in [-0.4, -0.2) is 61.9 Å². The summed E-state index contributed by atoms with van der Waals surface area (Å²) in [6.07, 6.45) is 3.31. The van der Waals surface area contributed by atoms with Gasteiger partial charge in [0.1, 0.15) is 0 Å². The number of amides is 1. The lowest BCUT2D eigenvalue weighted by molar-refractivity contribution is 0.0827. The Balaban J connectivity index is 1.97. The average molecular weight is 345 g/mol. The molecule has 1 N–H and O–H groups in total. The summed E-state index contributed by atoms with van der Waals surface area (Å²) in [4.78, 5) is 20.9. The van der Waals surface area contributed by atoms with Crippen molar-refractivity contribution >= 4 is 11.9 Å². The van der Waals surface area contributed by atoms with Gasteiger partial charge in [0, 0.05) is 45.8 Å². The van der Waals surface area contributed by atoms with E-state index in [1.165, 1.54) is 12.8 Å². The molecule has 1 aromatic carbocycles. The molecule has 25 heavy (non-hydrogen) atoms. The molecule has 0 aromatic heterocycles. The number of benzene rings is 1. The Morgan fingerprint density at radius 2 is 2.04 bits per heavy atom. The van der Waals surface area contributed by atoms with Gasteiger partial charge in [0.25, 0.3) is 5.91 Å². The number of hydrogen-bond acceptors (Lipinski definition) is 2. The Hall–Kier alpha value is -2.04. The number of carbonyl (C=O) groups excluding carboxylic acids is 1. The predicted molar refractivity (Wildman–Crippen MR) is 104 cm³/mol. The maximum atomic E-state index is 12.1. The van der Waals surface area contributed by atoms with Gasteiger partial charge in [-0.2, -0.15) is 0 Å². The third-order valence-electron chi connectivity index (χ3n) is 4.66. The lowest BCUT2D eigenvalue weighted by Crippen LogP contribution is -2.45. The monoisotopic (exact) mass is 344 g/mol. The largest absolute Gasteiger partial charge is 0.357 e. The maximum absolute atomic E-state index is 12.1. The van der Waals surface area contributed by atoms with Gasteiger partial charge in [-0.3, -0.25) is 9.79 Å². The molecular weight excluding hydrogens is 312 g/mol. The van der Waals surface area contributed by atoms with E-state index >= 15 is 0 Å². The second-order valence-electron chi connectivity index (χ2n) is 7.06. The minimum atomic E-state index is 0.0427. The van der Waals surface area contributed by atoms with Crippen LogP contribution in [0.1, 0.15) is 42.6 Å². The molecule has 0 saturated carbocycles. The first kappa shape index (κ1) is 19.3. The van der Waals surface area contributed by atoms with Gasteiger partial charge < -0.3 is 15.1 Å². The van der Waals surface area contributed by atoms with Crippen molar-refractivity contribution in [3.05, 3.63) is 35.4 Å². The average Bonchev–Trinajstić information content (AvgIpc) is 2.61. The molecule has 0 bridgehead atoms. The number of nitrogens with one attached hydrogen (secondary N) is 1. The zero-order valence-electron chi connectivity index (χ0n) is 16.1. The van der Waals surface area contributed by atoms with Crippen molar-refractivity contribution in [2.75, 3.05) is 40.3 Å². The smallest absolute Gasteiger partial charge is 0.253 e. The fourth-order valence-corrected chi connectivity index (χ4v) is 3.06. The lowest BCUT2D eigenvalue weighted by Gasteiger charge is -2.33. The highest BCUT2D eigenvalue weighted by atomic mass is 16.2. The molecule has 0 unspecified atom stereocenters. The standard InChI is InChI=1S/C20H32N4O/c1-5-21-20(24-13-10-16(2)11-14-24)22-12-9-17-7-6-8-18(15-17)19(25)23(3)4/h6-8,15-16H,5,9-14H2,1-4H3,(H,21,22). The van der Waals surface area contributed by atoms with E-state index in [0.29, 0.717) is 0 Å². The van der Waals surface area contributed by atoms with Crippen molar-refractivity contribution < 1.29 is 4.79 Å². The van der Waals surface area contributed by atoms with Gasteiger partial charge >= 0.3 is 0 Å². The van der Waals surface area contributed by atoms with Crippen LogP contribution in [0.25, 0.3) is 0 Å². The molecular formula is C20H32N4O. The summed E-state index contributed by atoms with van der Waals surface area (Å²) in [5.74, 6) is 1.88. The van der Waals surface area contributed by atoms with Gasteiger partial charge in [0.05, 0.1) is 0 Å². The van der Waals surface area contributed by atoms with Crippen molar-refractivity contribution in [2.45, 2.75) is 33.1 Å². The van der Waals surface area contributed by atoms with Crippen LogP contribution < -0.4 is 5.32 Å². The molecule has 1 heterocycles. The highest BCUT2D eigenvalue weighted by Crippen LogP contribution is 2.16. The molecule has 1 aromatic rings. The fraction of sp³-hybridized carbons (Fsp3) is 0.600. The molecule has 1 saturated heterocycles. The van der Waals surface area contributed by atoms with Gasteiger partial charge in [-0.25, -0.2) is 0 Å². The first-order chi connectivity index (χ1) is 12.0. The Morgan fingerprint density at radius 1 is 1.32 bits per heavy atom. The van der Waals surface area contributed by atoms with Crippen LogP contribution in [0.5, 0.6) is 0 Å². The van der Waals surface area contributed by atoms with Crippen LogP contribution in [0.2, 0.25) is 0 Å². The van der Waals surface area contributed by atoms with Gasteiger partial charge in [0.15, 0.2) is 5.96 Å². The van der Waals surface area contributed by atoms with Crippen LogP contribution in [0, 0.1) is 5.92 Å². The summed E-state index contributed by atoms with van der Waals surface area (Å²) in [6.45, 7) is 8.22. The molecule has 0 spiro atoms. The minimum Gasteiger partial charge on any atom is -0.357 e. The first-order valence-electron chi connectivity index (χ1n) is 9.35.